The monoisotopic (exact) mass is 309 g/mol. The molecule has 0 aliphatic carbocycles. The number of hydrogen-bond donors (Lipinski definition) is 1. The number of hydrogen-bond acceptors (Lipinski definition) is 3. The summed E-state index contributed by atoms with van der Waals surface area (Å²) in [4.78, 5) is 18.9. The maximum atomic E-state index is 12.2. The van der Waals surface area contributed by atoms with E-state index in [1.54, 1.807) is 0 Å². The fraction of sp³-hybridized carbons (Fsp3) is 0.368. The second-order valence-electron chi connectivity index (χ2n) is 6.17. The average Bonchev–Trinajstić information content (AvgIpc) is 2.58. The smallest absolute Gasteiger partial charge is 0.238 e. The Morgan fingerprint density at radius 3 is 2.61 bits per heavy atom. The van der Waals surface area contributed by atoms with Gasteiger partial charge in [0.15, 0.2) is 0 Å². The predicted octanol–water partition coefficient (Wildman–Crippen LogP) is 3.21. The van der Waals surface area contributed by atoms with Gasteiger partial charge in [0.1, 0.15) is 0 Å². The van der Waals surface area contributed by atoms with Crippen LogP contribution in [0.5, 0.6) is 0 Å². The van der Waals surface area contributed by atoms with Crippen molar-refractivity contribution in [2.75, 3.05) is 25.0 Å². The van der Waals surface area contributed by atoms with Gasteiger partial charge in [0, 0.05) is 23.5 Å². The maximum absolute atomic E-state index is 12.2. The first-order valence-electron chi connectivity index (χ1n) is 8.21. The molecule has 1 N–H and O–H groups in total. The van der Waals surface area contributed by atoms with Crippen molar-refractivity contribution in [3.63, 3.8) is 0 Å². The fourth-order valence-electron chi connectivity index (χ4n) is 3.11. The van der Waals surface area contributed by atoms with E-state index >= 15 is 0 Å². The van der Waals surface area contributed by atoms with Crippen molar-refractivity contribution in [1.29, 1.82) is 0 Å². The molecule has 1 fully saturated rings. The molecule has 0 spiro atoms. The Kier molecular flexibility index (Phi) is 5.03. The summed E-state index contributed by atoms with van der Waals surface area (Å²) >= 11 is 0. The number of nitrogens with zero attached hydrogens (tertiary/aromatic N) is 2. The molecular weight excluding hydrogens is 286 g/mol. The summed E-state index contributed by atoms with van der Waals surface area (Å²) in [6.07, 6.45) is 3.99. The number of amides is 1. The molecule has 0 radical (unpaired) electrons. The zero-order valence-corrected chi connectivity index (χ0v) is 13.5. The Bertz CT molecular complexity index is 649. The predicted molar refractivity (Wildman–Crippen MR) is 92.5 cm³/mol. The van der Waals surface area contributed by atoms with E-state index in [4.69, 9.17) is 0 Å². The van der Waals surface area contributed by atoms with Crippen LogP contribution in [0.15, 0.2) is 48.7 Å². The third-order valence-electron chi connectivity index (χ3n) is 4.48. The molecule has 23 heavy (non-hydrogen) atoms. The molecule has 1 amide bonds. The third kappa shape index (κ3) is 4.17. The van der Waals surface area contributed by atoms with Crippen LogP contribution in [0.1, 0.15) is 30.0 Å². The minimum absolute atomic E-state index is 0.0654. The SMILES string of the molecule is Cc1ccccc1NC(=O)CN1CCC(c2ccccn2)CC1. The Labute approximate surface area is 137 Å². The van der Waals surface area contributed by atoms with Gasteiger partial charge in [-0.2, -0.15) is 0 Å². The standard InChI is InChI=1S/C19H23N3O/c1-15-6-2-3-7-17(15)21-19(23)14-22-12-9-16(10-13-22)18-8-4-5-11-20-18/h2-8,11,16H,9-10,12-14H2,1H3,(H,21,23). The Morgan fingerprint density at radius 2 is 1.91 bits per heavy atom. The highest BCUT2D eigenvalue weighted by molar-refractivity contribution is 5.92. The number of nitrogens with one attached hydrogen (secondary N) is 1. The molecule has 4 nitrogen and oxygen atoms in total. The van der Waals surface area contributed by atoms with Crippen molar-refractivity contribution < 1.29 is 4.79 Å². The first-order valence-corrected chi connectivity index (χ1v) is 8.21. The normalized spacial score (nSPS) is 16.2. The Hall–Kier alpha value is -2.20. The van der Waals surface area contributed by atoms with E-state index in [-0.39, 0.29) is 5.91 Å². The highest BCUT2D eigenvalue weighted by atomic mass is 16.2. The van der Waals surface area contributed by atoms with E-state index in [9.17, 15) is 4.79 Å². The molecule has 1 aromatic carbocycles. The molecule has 0 unspecified atom stereocenters. The highest BCUT2D eigenvalue weighted by Gasteiger charge is 2.22. The second-order valence-corrected chi connectivity index (χ2v) is 6.17. The molecule has 2 heterocycles. The van der Waals surface area contributed by atoms with Crippen molar-refractivity contribution >= 4 is 11.6 Å². The molecule has 2 aromatic rings. The summed E-state index contributed by atoms with van der Waals surface area (Å²) < 4.78 is 0. The molecule has 120 valence electrons. The van der Waals surface area contributed by atoms with Gasteiger partial charge in [-0.15, -0.1) is 0 Å². The van der Waals surface area contributed by atoms with Crippen LogP contribution in [-0.2, 0) is 4.79 Å². The first kappa shape index (κ1) is 15.7. The van der Waals surface area contributed by atoms with E-state index in [0.717, 1.165) is 37.2 Å². The number of benzene rings is 1. The van der Waals surface area contributed by atoms with Gasteiger partial charge in [-0.25, -0.2) is 0 Å². The topological polar surface area (TPSA) is 45.2 Å². The number of aryl methyl sites for hydroxylation is 1. The molecule has 1 aromatic heterocycles. The van der Waals surface area contributed by atoms with Crippen molar-refractivity contribution in [2.24, 2.45) is 0 Å². The highest BCUT2D eigenvalue weighted by Crippen LogP contribution is 2.26. The van der Waals surface area contributed by atoms with Crippen LogP contribution in [0.2, 0.25) is 0 Å². The maximum Gasteiger partial charge on any atom is 0.238 e. The van der Waals surface area contributed by atoms with Gasteiger partial charge >= 0.3 is 0 Å². The minimum atomic E-state index is 0.0654. The number of pyridine rings is 1. The van der Waals surface area contributed by atoms with Gasteiger partial charge in [0.25, 0.3) is 0 Å². The van der Waals surface area contributed by atoms with Crippen LogP contribution in [-0.4, -0.2) is 35.4 Å². The van der Waals surface area contributed by atoms with Crippen molar-refractivity contribution in [3.05, 3.63) is 59.9 Å². The van der Waals surface area contributed by atoms with Gasteiger partial charge in [-0.05, 0) is 56.6 Å². The van der Waals surface area contributed by atoms with Gasteiger partial charge in [0.2, 0.25) is 5.91 Å². The summed E-state index contributed by atoms with van der Waals surface area (Å²) in [6.45, 7) is 4.36. The van der Waals surface area contributed by atoms with Gasteiger partial charge in [0.05, 0.1) is 6.54 Å². The number of carbonyl (C=O) groups is 1. The van der Waals surface area contributed by atoms with E-state index < -0.39 is 0 Å². The number of likely N-dealkylation sites (tertiary alicyclic amines) is 1. The van der Waals surface area contributed by atoms with Crippen LogP contribution in [0.25, 0.3) is 0 Å². The first-order chi connectivity index (χ1) is 11.2. The molecule has 1 saturated heterocycles. The van der Waals surface area contributed by atoms with Crippen molar-refractivity contribution in [1.82, 2.24) is 9.88 Å². The number of piperidine rings is 1. The zero-order chi connectivity index (χ0) is 16.1. The van der Waals surface area contributed by atoms with Crippen LogP contribution >= 0.6 is 0 Å². The van der Waals surface area contributed by atoms with Crippen molar-refractivity contribution in [3.8, 4) is 0 Å². The zero-order valence-electron chi connectivity index (χ0n) is 13.5. The molecular formula is C19H23N3O. The van der Waals surface area contributed by atoms with Gasteiger partial charge < -0.3 is 5.32 Å². The largest absolute Gasteiger partial charge is 0.325 e. The van der Waals surface area contributed by atoms with Crippen LogP contribution in [0.3, 0.4) is 0 Å². The minimum Gasteiger partial charge on any atom is -0.325 e. The lowest BCUT2D eigenvalue weighted by Crippen LogP contribution is -2.38. The molecule has 1 aliphatic heterocycles. The lowest BCUT2D eigenvalue weighted by atomic mass is 9.93. The van der Waals surface area contributed by atoms with Crippen LogP contribution in [0.4, 0.5) is 5.69 Å². The van der Waals surface area contributed by atoms with E-state index in [1.807, 2.05) is 49.5 Å². The summed E-state index contributed by atoms with van der Waals surface area (Å²) in [5.74, 6) is 0.586. The van der Waals surface area contributed by atoms with E-state index in [2.05, 4.69) is 21.3 Å². The number of para-hydroxylation sites is 1. The van der Waals surface area contributed by atoms with E-state index in [1.165, 1.54) is 5.69 Å². The molecule has 0 atom stereocenters. The van der Waals surface area contributed by atoms with Crippen LogP contribution in [0, 0.1) is 6.92 Å². The number of carbonyl (C=O) groups excluding carboxylic acids is 1. The molecule has 4 heteroatoms. The average molecular weight is 309 g/mol. The number of aromatic nitrogens is 1. The number of anilines is 1. The van der Waals surface area contributed by atoms with Gasteiger partial charge in [-0.3, -0.25) is 14.7 Å². The van der Waals surface area contributed by atoms with E-state index in [0.29, 0.717) is 12.5 Å². The number of rotatable bonds is 4. The van der Waals surface area contributed by atoms with Crippen LogP contribution < -0.4 is 5.32 Å². The summed E-state index contributed by atoms with van der Waals surface area (Å²) in [5, 5.41) is 3.01. The fourth-order valence-corrected chi connectivity index (χ4v) is 3.11. The molecule has 0 saturated carbocycles. The summed E-state index contributed by atoms with van der Waals surface area (Å²) in [6, 6.07) is 14.0. The molecule has 0 bridgehead atoms. The molecule has 1 aliphatic rings. The third-order valence-corrected chi connectivity index (χ3v) is 4.48. The second kappa shape index (κ2) is 7.38. The molecule has 3 rings (SSSR count). The van der Waals surface area contributed by atoms with Gasteiger partial charge in [-0.1, -0.05) is 24.3 Å². The Morgan fingerprint density at radius 1 is 1.17 bits per heavy atom. The summed E-state index contributed by atoms with van der Waals surface area (Å²) in [5.41, 5.74) is 3.17. The Balaban J connectivity index is 1.49. The lowest BCUT2D eigenvalue weighted by molar-refractivity contribution is -0.117. The lowest BCUT2D eigenvalue weighted by Gasteiger charge is -2.31. The summed E-state index contributed by atoms with van der Waals surface area (Å²) in [7, 11) is 0. The van der Waals surface area contributed by atoms with Crippen molar-refractivity contribution in [2.45, 2.75) is 25.7 Å². The quantitative estimate of drug-likeness (QED) is 0.943.